The second-order valence-corrected chi connectivity index (χ2v) is 7.35. The van der Waals surface area contributed by atoms with Gasteiger partial charge in [0, 0.05) is 17.3 Å². The first kappa shape index (κ1) is 19.6. The molecular weight excluding hydrogens is 416 g/mol. The number of aromatic nitrogens is 3. The lowest BCUT2D eigenvalue weighted by Crippen LogP contribution is -2.26. The Morgan fingerprint density at radius 2 is 1.72 bits per heavy atom. The van der Waals surface area contributed by atoms with Crippen molar-refractivity contribution in [2.24, 2.45) is 5.73 Å². The van der Waals surface area contributed by atoms with Gasteiger partial charge in [0.2, 0.25) is 0 Å². The number of nitrogens with one attached hydrogen (secondary N) is 1. The highest BCUT2D eigenvalue weighted by Gasteiger charge is 2.31. The number of aromatic amines is 1. The van der Waals surface area contributed by atoms with E-state index < -0.39 is 17.5 Å². The minimum Gasteiger partial charge on any atom is -0.366 e. The van der Waals surface area contributed by atoms with Crippen LogP contribution in [0.25, 0.3) is 22.4 Å². The maximum atomic E-state index is 13.7. The quantitative estimate of drug-likeness (QED) is 0.514. The molecule has 1 aliphatic heterocycles. The molecule has 0 saturated carbocycles. The zero-order chi connectivity index (χ0) is 22.4. The first-order valence-electron chi connectivity index (χ1n) is 9.63. The van der Waals surface area contributed by atoms with Crippen LogP contribution in [0.5, 0.6) is 0 Å². The van der Waals surface area contributed by atoms with Crippen LogP contribution in [0, 0.1) is 11.6 Å². The van der Waals surface area contributed by atoms with Crippen LogP contribution in [-0.4, -0.2) is 27.2 Å². The number of H-pyrrole nitrogens is 1. The topological polar surface area (TPSA) is 105 Å². The molecule has 3 N–H and O–H groups in total. The molecule has 32 heavy (non-hydrogen) atoms. The first-order chi connectivity index (χ1) is 15.4. The van der Waals surface area contributed by atoms with Crippen LogP contribution in [0.2, 0.25) is 0 Å². The highest BCUT2D eigenvalue weighted by Crippen LogP contribution is 2.35. The second-order valence-electron chi connectivity index (χ2n) is 7.35. The largest absolute Gasteiger partial charge is 0.366 e. The predicted octanol–water partition coefficient (Wildman–Crippen LogP) is 3.68. The Labute approximate surface area is 180 Å². The van der Waals surface area contributed by atoms with Crippen LogP contribution in [0.15, 0.2) is 60.8 Å². The predicted molar refractivity (Wildman–Crippen MR) is 113 cm³/mol. The second kappa shape index (κ2) is 7.38. The molecule has 0 atom stereocenters. The van der Waals surface area contributed by atoms with Gasteiger partial charge in [0.15, 0.2) is 11.6 Å². The Hall–Kier alpha value is -4.40. The summed E-state index contributed by atoms with van der Waals surface area (Å²) in [5.74, 6) is -2.97. The first-order valence-corrected chi connectivity index (χ1v) is 9.63. The van der Waals surface area contributed by atoms with Crippen molar-refractivity contribution >= 4 is 17.5 Å². The molecule has 0 unspecified atom stereocenters. The molecule has 2 amide bonds. The van der Waals surface area contributed by atoms with Gasteiger partial charge >= 0.3 is 0 Å². The molecule has 158 valence electrons. The average Bonchev–Trinajstić information content (AvgIpc) is 3.43. The molecule has 5 rings (SSSR count). The molecule has 3 aromatic carbocycles. The fourth-order valence-electron chi connectivity index (χ4n) is 3.82. The number of carbonyl (C=O) groups excluding carboxylic acids is 2. The lowest BCUT2D eigenvalue weighted by Gasteiger charge is -2.20. The Balaban J connectivity index is 1.57. The third-order valence-corrected chi connectivity index (χ3v) is 5.43. The number of anilines is 1. The van der Waals surface area contributed by atoms with E-state index in [4.69, 9.17) is 5.73 Å². The van der Waals surface area contributed by atoms with Crippen LogP contribution in [-0.2, 0) is 6.54 Å². The smallest absolute Gasteiger partial charge is 0.258 e. The van der Waals surface area contributed by atoms with Gasteiger partial charge in [-0.25, -0.2) is 8.78 Å². The van der Waals surface area contributed by atoms with Crippen molar-refractivity contribution in [2.75, 3.05) is 4.90 Å². The summed E-state index contributed by atoms with van der Waals surface area (Å²) >= 11 is 0. The Morgan fingerprint density at radius 1 is 0.969 bits per heavy atom. The number of nitrogens with zero attached hydrogens (tertiary/aromatic N) is 3. The van der Waals surface area contributed by atoms with Crippen molar-refractivity contribution in [3.8, 4) is 22.4 Å². The number of carbonyl (C=O) groups is 2. The van der Waals surface area contributed by atoms with Crippen LogP contribution >= 0.6 is 0 Å². The number of rotatable bonds is 4. The van der Waals surface area contributed by atoms with Crippen LogP contribution in [0.4, 0.5) is 14.5 Å². The standard InChI is InChI=1S/C23H15F2N5O2/c24-18-6-4-12(8-19(18)25)13-3-5-16(22(26)31)21(9-13)30-11-15-2-1-14(7-17(15)23(30)32)20-10-27-29-28-20/h1-10H,11H2,(H2,26,31)(H,27,28,29). The number of hydrogen-bond donors (Lipinski definition) is 2. The Kier molecular flexibility index (Phi) is 4.51. The summed E-state index contributed by atoms with van der Waals surface area (Å²) in [4.78, 5) is 26.8. The van der Waals surface area contributed by atoms with Crippen molar-refractivity contribution in [3.63, 3.8) is 0 Å². The van der Waals surface area contributed by atoms with Crippen LogP contribution in [0.1, 0.15) is 26.3 Å². The zero-order valence-electron chi connectivity index (χ0n) is 16.5. The van der Waals surface area contributed by atoms with E-state index in [1.165, 1.54) is 17.0 Å². The SMILES string of the molecule is NC(=O)c1ccc(-c2ccc(F)c(F)c2)cc1N1Cc2ccc(-c3c[nH]nn3)cc2C1=O. The number of primary amides is 1. The molecule has 4 aromatic rings. The van der Waals surface area contributed by atoms with Gasteiger partial charge in [-0.05, 0) is 47.0 Å². The number of amides is 2. The summed E-state index contributed by atoms with van der Waals surface area (Å²) in [5.41, 5.74) is 9.46. The fraction of sp³-hybridized carbons (Fsp3) is 0.0435. The molecule has 2 heterocycles. The lowest BCUT2D eigenvalue weighted by molar-refractivity contribution is 0.0996. The summed E-state index contributed by atoms with van der Waals surface area (Å²) in [6.07, 6.45) is 1.62. The molecule has 0 spiro atoms. The Morgan fingerprint density at radius 3 is 2.44 bits per heavy atom. The summed E-state index contributed by atoms with van der Waals surface area (Å²) < 4.78 is 27.1. The van der Waals surface area contributed by atoms with E-state index in [0.717, 1.165) is 23.3 Å². The third kappa shape index (κ3) is 3.20. The maximum Gasteiger partial charge on any atom is 0.258 e. The van der Waals surface area contributed by atoms with E-state index in [1.807, 2.05) is 12.1 Å². The van der Waals surface area contributed by atoms with E-state index in [9.17, 15) is 18.4 Å². The number of hydrogen-bond acceptors (Lipinski definition) is 4. The van der Waals surface area contributed by atoms with Crippen molar-refractivity contribution in [2.45, 2.75) is 6.54 Å². The van der Waals surface area contributed by atoms with Gasteiger partial charge in [-0.1, -0.05) is 29.5 Å². The number of fused-ring (bicyclic) bond motifs is 1. The van der Waals surface area contributed by atoms with Gasteiger partial charge in [-0.15, -0.1) is 5.10 Å². The molecule has 9 heteroatoms. The average molecular weight is 431 g/mol. The van der Waals surface area contributed by atoms with Gasteiger partial charge in [0.25, 0.3) is 11.8 Å². The highest BCUT2D eigenvalue weighted by molar-refractivity contribution is 6.14. The van der Waals surface area contributed by atoms with Crippen LogP contribution in [0.3, 0.4) is 0 Å². The monoisotopic (exact) mass is 431 g/mol. The van der Waals surface area contributed by atoms with Gasteiger partial charge < -0.3 is 10.6 Å². The molecule has 7 nitrogen and oxygen atoms in total. The van der Waals surface area contributed by atoms with E-state index in [0.29, 0.717) is 28.1 Å². The van der Waals surface area contributed by atoms with Gasteiger partial charge in [-0.3, -0.25) is 14.7 Å². The van der Waals surface area contributed by atoms with Gasteiger partial charge in [-0.2, -0.15) is 0 Å². The van der Waals surface area contributed by atoms with Crippen LogP contribution < -0.4 is 10.6 Å². The number of nitrogens with two attached hydrogens (primary N) is 1. The van der Waals surface area contributed by atoms with Crippen molar-refractivity contribution < 1.29 is 18.4 Å². The minimum atomic E-state index is -0.993. The van der Waals surface area contributed by atoms with E-state index in [-0.39, 0.29) is 18.0 Å². The van der Waals surface area contributed by atoms with Crippen molar-refractivity contribution in [1.82, 2.24) is 15.4 Å². The molecule has 0 bridgehead atoms. The maximum absolute atomic E-state index is 13.7. The Bertz CT molecular complexity index is 1390. The van der Waals surface area contributed by atoms with Crippen molar-refractivity contribution in [1.29, 1.82) is 0 Å². The summed E-state index contributed by atoms with van der Waals surface area (Å²) in [6, 6.07) is 13.5. The molecule has 0 fully saturated rings. The molecule has 1 aromatic heterocycles. The molecule has 0 radical (unpaired) electrons. The number of benzene rings is 3. The third-order valence-electron chi connectivity index (χ3n) is 5.43. The zero-order valence-corrected chi connectivity index (χ0v) is 16.5. The van der Waals surface area contributed by atoms with Gasteiger partial charge in [0.05, 0.1) is 17.8 Å². The fourth-order valence-corrected chi connectivity index (χ4v) is 3.82. The summed E-state index contributed by atoms with van der Waals surface area (Å²) in [7, 11) is 0. The number of halogens is 2. The summed E-state index contributed by atoms with van der Waals surface area (Å²) in [5, 5.41) is 10.3. The van der Waals surface area contributed by atoms with E-state index in [2.05, 4.69) is 15.4 Å². The molecule has 0 saturated heterocycles. The van der Waals surface area contributed by atoms with Gasteiger partial charge in [0.1, 0.15) is 5.69 Å². The van der Waals surface area contributed by atoms with Crippen molar-refractivity contribution in [3.05, 3.63) is 89.1 Å². The summed E-state index contributed by atoms with van der Waals surface area (Å²) in [6.45, 7) is 0.231. The molecular formula is C23H15F2N5O2. The molecule has 0 aliphatic carbocycles. The normalized spacial score (nSPS) is 12.8. The lowest BCUT2D eigenvalue weighted by atomic mass is 10.0. The van der Waals surface area contributed by atoms with E-state index in [1.54, 1.807) is 24.4 Å². The molecule has 1 aliphatic rings. The van der Waals surface area contributed by atoms with E-state index >= 15 is 0 Å². The highest BCUT2D eigenvalue weighted by atomic mass is 19.2. The minimum absolute atomic E-state index is 0.147.